The molecule has 1 aromatic carbocycles. The van der Waals surface area contributed by atoms with Crippen LogP contribution in [0.2, 0.25) is 0 Å². The van der Waals surface area contributed by atoms with Gasteiger partial charge in [0, 0.05) is 10.4 Å². The lowest BCUT2D eigenvalue weighted by Gasteiger charge is -2.18. The average Bonchev–Trinajstić information content (AvgIpc) is 2.67. The van der Waals surface area contributed by atoms with Gasteiger partial charge in [-0.2, -0.15) is 0 Å². The third-order valence-corrected chi connectivity index (χ3v) is 3.50. The number of aromatic nitrogens is 1. The summed E-state index contributed by atoms with van der Waals surface area (Å²) in [5.41, 5.74) is 8.13. The Hall–Kier alpha value is -2.08. The summed E-state index contributed by atoms with van der Waals surface area (Å²) in [7, 11) is 0. The minimum atomic E-state index is -0.144. The molecule has 1 aromatic heterocycles. The minimum Gasteiger partial charge on any atom is -0.482 e. The van der Waals surface area contributed by atoms with Crippen LogP contribution in [0.5, 0.6) is 5.75 Å². The Morgan fingerprint density at radius 3 is 3.06 bits per heavy atom. The van der Waals surface area contributed by atoms with Crippen molar-refractivity contribution in [3.8, 4) is 17.0 Å². The van der Waals surface area contributed by atoms with Crippen molar-refractivity contribution >= 4 is 28.1 Å². The summed E-state index contributed by atoms with van der Waals surface area (Å²) in [5.74, 6) is 0.536. The van der Waals surface area contributed by atoms with Gasteiger partial charge in [-0.1, -0.05) is 0 Å². The largest absolute Gasteiger partial charge is 0.482 e. The molecule has 1 aliphatic heterocycles. The van der Waals surface area contributed by atoms with E-state index in [2.05, 4.69) is 10.3 Å². The van der Waals surface area contributed by atoms with Crippen LogP contribution >= 0.6 is 11.3 Å². The van der Waals surface area contributed by atoms with Crippen LogP contribution in [-0.2, 0) is 4.79 Å². The number of rotatable bonds is 1. The maximum absolute atomic E-state index is 11.3. The van der Waals surface area contributed by atoms with E-state index in [1.54, 1.807) is 0 Å². The molecule has 0 radical (unpaired) electrons. The lowest BCUT2D eigenvalue weighted by Crippen LogP contribution is -2.25. The number of nitrogens with one attached hydrogen (secondary N) is 1. The maximum atomic E-state index is 11.3. The van der Waals surface area contributed by atoms with Crippen LogP contribution in [0.15, 0.2) is 18.2 Å². The minimum absolute atomic E-state index is 0.0645. The highest BCUT2D eigenvalue weighted by atomic mass is 32.1. The Bertz CT molecular complexity index is 636. The second-order valence-electron chi connectivity index (χ2n) is 4.00. The van der Waals surface area contributed by atoms with Gasteiger partial charge in [-0.15, -0.1) is 11.3 Å². The molecule has 2 aromatic rings. The Kier molecular flexibility index (Phi) is 2.45. The van der Waals surface area contributed by atoms with Gasteiger partial charge >= 0.3 is 0 Å². The van der Waals surface area contributed by atoms with E-state index in [0.717, 1.165) is 16.1 Å². The second kappa shape index (κ2) is 3.99. The van der Waals surface area contributed by atoms with Gasteiger partial charge in [-0.25, -0.2) is 4.98 Å². The first-order valence-corrected chi connectivity index (χ1v) is 6.25. The number of amides is 1. The van der Waals surface area contributed by atoms with Crippen molar-refractivity contribution in [2.24, 2.45) is 0 Å². The van der Waals surface area contributed by atoms with E-state index in [1.807, 2.05) is 25.1 Å². The molecule has 0 saturated carbocycles. The van der Waals surface area contributed by atoms with Gasteiger partial charge in [0.1, 0.15) is 5.75 Å². The van der Waals surface area contributed by atoms with E-state index in [0.29, 0.717) is 16.6 Å². The van der Waals surface area contributed by atoms with Crippen molar-refractivity contribution in [1.82, 2.24) is 4.98 Å². The topological polar surface area (TPSA) is 77.2 Å². The van der Waals surface area contributed by atoms with Gasteiger partial charge in [0.25, 0.3) is 5.91 Å². The number of aryl methyl sites for hydroxylation is 1. The molecule has 3 N–H and O–H groups in total. The quantitative estimate of drug-likeness (QED) is 0.823. The van der Waals surface area contributed by atoms with Crippen LogP contribution in [0, 0.1) is 6.92 Å². The molecule has 0 aliphatic carbocycles. The molecule has 0 unspecified atom stereocenters. The van der Waals surface area contributed by atoms with Crippen LogP contribution in [0.4, 0.5) is 10.8 Å². The Labute approximate surface area is 108 Å². The second-order valence-corrected chi connectivity index (χ2v) is 5.24. The van der Waals surface area contributed by atoms with Crippen molar-refractivity contribution in [2.75, 3.05) is 17.7 Å². The lowest BCUT2D eigenvalue weighted by molar-refractivity contribution is -0.118. The maximum Gasteiger partial charge on any atom is 0.262 e. The SMILES string of the molecule is Cc1sc(N)nc1-c1ccc2c(c1)NC(=O)CO2. The van der Waals surface area contributed by atoms with E-state index >= 15 is 0 Å². The van der Waals surface area contributed by atoms with Gasteiger partial charge < -0.3 is 15.8 Å². The molecule has 3 rings (SSSR count). The summed E-state index contributed by atoms with van der Waals surface area (Å²) in [5, 5.41) is 3.32. The van der Waals surface area contributed by atoms with Gasteiger partial charge in [-0.05, 0) is 25.1 Å². The number of thiazole rings is 1. The molecule has 92 valence electrons. The monoisotopic (exact) mass is 261 g/mol. The summed E-state index contributed by atoms with van der Waals surface area (Å²) < 4.78 is 5.31. The fourth-order valence-electron chi connectivity index (χ4n) is 1.92. The van der Waals surface area contributed by atoms with Crippen molar-refractivity contribution in [2.45, 2.75) is 6.92 Å². The van der Waals surface area contributed by atoms with E-state index in [-0.39, 0.29) is 12.5 Å². The molecule has 6 heteroatoms. The van der Waals surface area contributed by atoms with Crippen LogP contribution < -0.4 is 15.8 Å². The number of hydrogen-bond donors (Lipinski definition) is 2. The predicted octanol–water partition coefficient (Wildman–Crippen LogP) is 2.03. The highest BCUT2D eigenvalue weighted by Gasteiger charge is 2.17. The number of carbonyl (C=O) groups is 1. The number of fused-ring (bicyclic) bond motifs is 1. The standard InChI is InChI=1S/C12H11N3O2S/c1-6-11(15-12(13)18-6)7-2-3-9-8(4-7)14-10(16)5-17-9/h2-4H,5H2,1H3,(H2,13,15)(H,14,16). The number of ether oxygens (including phenoxy) is 1. The van der Waals surface area contributed by atoms with Crippen LogP contribution in [0.3, 0.4) is 0 Å². The molecule has 1 aliphatic rings. The zero-order chi connectivity index (χ0) is 12.7. The van der Waals surface area contributed by atoms with Crippen LogP contribution in [0.1, 0.15) is 4.88 Å². The Balaban J connectivity index is 2.07. The van der Waals surface area contributed by atoms with Gasteiger partial charge in [0.05, 0.1) is 11.4 Å². The molecule has 5 nitrogen and oxygen atoms in total. The van der Waals surface area contributed by atoms with Crippen molar-refractivity contribution < 1.29 is 9.53 Å². The summed E-state index contributed by atoms with van der Waals surface area (Å²) in [6.07, 6.45) is 0. The number of carbonyl (C=O) groups excluding carboxylic acids is 1. The van der Waals surface area contributed by atoms with Gasteiger partial charge in [-0.3, -0.25) is 4.79 Å². The van der Waals surface area contributed by atoms with E-state index in [1.165, 1.54) is 11.3 Å². The molecule has 0 atom stereocenters. The molecular formula is C12H11N3O2S. The summed E-state index contributed by atoms with van der Waals surface area (Å²) >= 11 is 1.45. The van der Waals surface area contributed by atoms with Crippen molar-refractivity contribution in [3.63, 3.8) is 0 Å². The fourth-order valence-corrected chi connectivity index (χ4v) is 2.63. The molecule has 18 heavy (non-hydrogen) atoms. The van der Waals surface area contributed by atoms with Gasteiger partial charge in [0.2, 0.25) is 0 Å². The fraction of sp³-hybridized carbons (Fsp3) is 0.167. The van der Waals surface area contributed by atoms with E-state index in [4.69, 9.17) is 10.5 Å². The van der Waals surface area contributed by atoms with Gasteiger partial charge in [0.15, 0.2) is 11.7 Å². The van der Waals surface area contributed by atoms with Crippen LogP contribution in [-0.4, -0.2) is 17.5 Å². The first-order valence-electron chi connectivity index (χ1n) is 5.43. The normalized spacial score (nSPS) is 13.7. The van der Waals surface area contributed by atoms with Crippen molar-refractivity contribution in [3.05, 3.63) is 23.1 Å². The number of benzene rings is 1. The Morgan fingerprint density at radius 2 is 2.33 bits per heavy atom. The smallest absolute Gasteiger partial charge is 0.262 e. The number of hydrogen-bond acceptors (Lipinski definition) is 5. The molecule has 0 bridgehead atoms. The lowest BCUT2D eigenvalue weighted by atomic mass is 10.1. The zero-order valence-corrected chi connectivity index (χ0v) is 10.5. The number of nitrogens with two attached hydrogens (primary N) is 1. The Morgan fingerprint density at radius 1 is 1.50 bits per heavy atom. The summed E-state index contributed by atoms with van der Waals surface area (Å²) in [4.78, 5) is 16.6. The number of nitrogen functional groups attached to an aromatic ring is 1. The molecule has 0 saturated heterocycles. The molecule has 0 fully saturated rings. The third-order valence-electron chi connectivity index (χ3n) is 2.70. The molecule has 1 amide bonds. The number of nitrogens with zero attached hydrogens (tertiary/aromatic N) is 1. The van der Waals surface area contributed by atoms with Crippen LogP contribution in [0.25, 0.3) is 11.3 Å². The number of anilines is 2. The first-order chi connectivity index (χ1) is 8.63. The highest BCUT2D eigenvalue weighted by Crippen LogP contribution is 2.35. The summed E-state index contributed by atoms with van der Waals surface area (Å²) in [6.45, 7) is 2.03. The van der Waals surface area contributed by atoms with E-state index < -0.39 is 0 Å². The predicted molar refractivity (Wildman–Crippen MR) is 70.8 cm³/mol. The third kappa shape index (κ3) is 1.80. The van der Waals surface area contributed by atoms with E-state index in [9.17, 15) is 4.79 Å². The molecule has 0 spiro atoms. The van der Waals surface area contributed by atoms with Crippen molar-refractivity contribution in [1.29, 1.82) is 0 Å². The first kappa shape index (κ1) is 11.0. The molecule has 2 heterocycles. The zero-order valence-electron chi connectivity index (χ0n) is 9.69. The molecular weight excluding hydrogens is 250 g/mol. The summed E-state index contributed by atoms with van der Waals surface area (Å²) in [6, 6.07) is 5.60. The highest BCUT2D eigenvalue weighted by molar-refractivity contribution is 7.15. The average molecular weight is 261 g/mol.